The highest BCUT2D eigenvalue weighted by Crippen LogP contribution is 2.40. The van der Waals surface area contributed by atoms with Gasteiger partial charge in [0.1, 0.15) is 0 Å². The van der Waals surface area contributed by atoms with Crippen LogP contribution in [0, 0.1) is 23.4 Å². The molecule has 0 radical (unpaired) electrons. The molecule has 212 valence electrons. The van der Waals surface area contributed by atoms with Gasteiger partial charge in [-0.15, -0.1) is 6.58 Å². The fourth-order valence-corrected chi connectivity index (χ4v) is 5.56. The molecule has 0 spiro atoms. The molecule has 0 aliphatic heterocycles. The molecule has 3 aromatic carbocycles. The Labute approximate surface area is 236 Å². The Morgan fingerprint density at radius 3 is 2.30 bits per heavy atom. The van der Waals surface area contributed by atoms with Crippen LogP contribution in [0.3, 0.4) is 0 Å². The minimum Gasteiger partial charge on any atom is -0.491 e. The quantitative estimate of drug-likeness (QED) is 0.139. The van der Waals surface area contributed by atoms with Gasteiger partial charge in [0, 0.05) is 5.56 Å². The number of aliphatic hydroxyl groups excluding tert-OH is 1. The first-order valence-corrected chi connectivity index (χ1v) is 14.4. The number of rotatable bonds is 12. The summed E-state index contributed by atoms with van der Waals surface area (Å²) in [5.74, 6) is -1.56. The minimum atomic E-state index is -0.823. The van der Waals surface area contributed by atoms with Crippen molar-refractivity contribution in [1.82, 2.24) is 0 Å². The smallest absolute Gasteiger partial charge is 0.166 e. The van der Waals surface area contributed by atoms with E-state index >= 15 is 8.78 Å². The molecule has 0 bridgehead atoms. The molecule has 0 saturated heterocycles. The average Bonchev–Trinajstić information content (AvgIpc) is 2.97. The third-order valence-corrected chi connectivity index (χ3v) is 7.91. The lowest BCUT2D eigenvalue weighted by atomic mass is 9.75. The van der Waals surface area contributed by atoms with Crippen molar-refractivity contribution in [1.29, 1.82) is 0 Å². The summed E-state index contributed by atoms with van der Waals surface area (Å²) in [5.41, 5.74) is 2.81. The first kappa shape index (κ1) is 29.7. The van der Waals surface area contributed by atoms with Crippen LogP contribution in [0.4, 0.5) is 13.2 Å². The molecule has 0 heterocycles. The van der Waals surface area contributed by atoms with Crippen LogP contribution in [-0.2, 0) is 0 Å². The Hall–Kier alpha value is -3.31. The monoisotopic (exact) mass is 548 g/mol. The van der Waals surface area contributed by atoms with E-state index in [0.717, 1.165) is 56.9 Å². The second-order valence-corrected chi connectivity index (χ2v) is 10.7. The van der Waals surface area contributed by atoms with Crippen LogP contribution >= 0.6 is 0 Å². The molecule has 1 aliphatic rings. The molecule has 40 heavy (non-hydrogen) atoms. The summed E-state index contributed by atoms with van der Waals surface area (Å²) in [6, 6.07) is 15.4. The first-order valence-electron chi connectivity index (χ1n) is 14.4. The molecule has 1 N–H and O–H groups in total. The number of ether oxygens (including phenoxy) is 1. The van der Waals surface area contributed by atoms with Crippen LogP contribution in [0.5, 0.6) is 5.75 Å². The molecule has 1 unspecified atom stereocenters. The fourth-order valence-electron chi connectivity index (χ4n) is 5.56. The van der Waals surface area contributed by atoms with Crippen LogP contribution < -0.4 is 4.74 Å². The SMILES string of the molecule is C=CCCCOc1ccc(/C=C/c2ccc(-c3ccc(C4CCC(C(O)CCC)CC4)c(F)c3F)cc2)cc1F. The number of aliphatic hydroxyl groups is 1. The van der Waals surface area contributed by atoms with Crippen molar-refractivity contribution in [3.63, 3.8) is 0 Å². The maximum Gasteiger partial charge on any atom is 0.166 e. The first-order chi connectivity index (χ1) is 19.4. The second kappa shape index (κ2) is 14.4. The number of benzene rings is 3. The van der Waals surface area contributed by atoms with Crippen molar-refractivity contribution in [2.45, 2.75) is 70.3 Å². The minimum absolute atomic E-state index is 0.0242. The van der Waals surface area contributed by atoms with Gasteiger partial charge in [-0.05, 0) is 91.2 Å². The van der Waals surface area contributed by atoms with Crippen LogP contribution in [0.25, 0.3) is 23.3 Å². The number of allylic oxidation sites excluding steroid dienone is 1. The van der Waals surface area contributed by atoms with E-state index in [-0.39, 0.29) is 29.3 Å². The molecule has 0 amide bonds. The summed E-state index contributed by atoms with van der Waals surface area (Å²) in [5, 5.41) is 10.3. The molecular weight excluding hydrogens is 509 g/mol. The van der Waals surface area contributed by atoms with Crippen LogP contribution in [0.2, 0.25) is 0 Å². The predicted molar refractivity (Wildman–Crippen MR) is 158 cm³/mol. The van der Waals surface area contributed by atoms with Crippen molar-refractivity contribution in [3.8, 4) is 16.9 Å². The van der Waals surface area contributed by atoms with Gasteiger partial charge in [-0.25, -0.2) is 13.2 Å². The normalized spacial score (nSPS) is 18.1. The summed E-state index contributed by atoms with van der Waals surface area (Å²) < 4.78 is 50.2. The zero-order valence-electron chi connectivity index (χ0n) is 23.2. The zero-order valence-corrected chi connectivity index (χ0v) is 23.2. The van der Waals surface area contributed by atoms with Gasteiger partial charge in [-0.2, -0.15) is 0 Å². The van der Waals surface area contributed by atoms with Crippen LogP contribution in [-0.4, -0.2) is 17.8 Å². The lowest BCUT2D eigenvalue weighted by molar-refractivity contribution is 0.0727. The standard InChI is InChI=1S/C35H39F3O2/c1-3-5-6-22-40-33-21-12-25(23-31(33)36)9-8-24-10-13-26(14-11-24)29-19-20-30(35(38)34(29)37)27-15-17-28(18-16-27)32(39)7-4-2/h3,8-14,19-21,23,27-28,32,39H,1,4-7,15-18,22H2,2H3/b9-8+. The van der Waals surface area contributed by atoms with Gasteiger partial charge >= 0.3 is 0 Å². The molecule has 1 saturated carbocycles. The average molecular weight is 549 g/mol. The molecule has 5 heteroatoms. The molecule has 2 nitrogen and oxygen atoms in total. The van der Waals surface area contributed by atoms with Gasteiger partial charge in [0.15, 0.2) is 23.2 Å². The van der Waals surface area contributed by atoms with E-state index in [9.17, 15) is 9.50 Å². The van der Waals surface area contributed by atoms with Crippen molar-refractivity contribution >= 4 is 12.2 Å². The Kier molecular flexibility index (Phi) is 10.7. The molecule has 4 rings (SSSR count). The molecular formula is C35H39F3O2. The second-order valence-electron chi connectivity index (χ2n) is 10.7. The lowest BCUT2D eigenvalue weighted by Gasteiger charge is -2.32. The van der Waals surface area contributed by atoms with Crippen LogP contribution in [0.15, 0.2) is 67.3 Å². The summed E-state index contributed by atoms with van der Waals surface area (Å²) in [7, 11) is 0. The highest BCUT2D eigenvalue weighted by atomic mass is 19.2. The van der Waals surface area contributed by atoms with Crippen molar-refractivity contribution in [2.24, 2.45) is 5.92 Å². The maximum atomic E-state index is 15.2. The third kappa shape index (κ3) is 7.45. The van der Waals surface area contributed by atoms with Crippen molar-refractivity contribution < 1.29 is 23.0 Å². The number of hydrogen-bond donors (Lipinski definition) is 1. The molecule has 1 atom stereocenters. The highest BCUT2D eigenvalue weighted by Gasteiger charge is 2.29. The Morgan fingerprint density at radius 2 is 1.62 bits per heavy atom. The number of unbranched alkanes of at least 4 members (excludes halogenated alkanes) is 1. The third-order valence-electron chi connectivity index (χ3n) is 7.91. The zero-order chi connectivity index (χ0) is 28.5. The van der Waals surface area contributed by atoms with E-state index in [4.69, 9.17) is 4.74 Å². The Balaban J connectivity index is 1.39. The molecule has 3 aromatic rings. The van der Waals surface area contributed by atoms with Gasteiger partial charge < -0.3 is 9.84 Å². The summed E-state index contributed by atoms with van der Waals surface area (Å²) in [6.07, 6.45) is 11.7. The summed E-state index contributed by atoms with van der Waals surface area (Å²) in [4.78, 5) is 0. The van der Waals surface area contributed by atoms with E-state index in [1.54, 1.807) is 48.6 Å². The van der Waals surface area contributed by atoms with E-state index < -0.39 is 17.5 Å². The lowest BCUT2D eigenvalue weighted by Crippen LogP contribution is -2.25. The Bertz CT molecular complexity index is 1290. The van der Waals surface area contributed by atoms with E-state index in [0.29, 0.717) is 23.3 Å². The van der Waals surface area contributed by atoms with Gasteiger partial charge in [0.25, 0.3) is 0 Å². The molecule has 1 aliphatic carbocycles. The largest absolute Gasteiger partial charge is 0.491 e. The number of halogens is 3. The Morgan fingerprint density at radius 1 is 0.925 bits per heavy atom. The van der Waals surface area contributed by atoms with Gasteiger partial charge in [0.05, 0.1) is 12.7 Å². The summed E-state index contributed by atoms with van der Waals surface area (Å²) >= 11 is 0. The van der Waals surface area contributed by atoms with Crippen molar-refractivity contribution in [3.05, 3.63) is 101 Å². The van der Waals surface area contributed by atoms with Gasteiger partial charge in [-0.1, -0.05) is 74.0 Å². The summed E-state index contributed by atoms with van der Waals surface area (Å²) in [6.45, 7) is 6.16. The highest BCUT2D eigenvalue weighted by molar-refractivity contribution is 5.72. The molecule has 0 aromatic heterocycles. The van der Waals surface area contributed by atoms with Gasteiger partial charge in [0.2, 0.25) is 0 Å². The van der Waals surface area contributed by atoms with Crippen molar-refractivity contribution in [2.75, 3.05) is 6.61 Å². The van der Waals surface area contributed by atoms with E-state index in [2.05, 4.69) is 13.5 Å². The van der Waals surface area contributed by atoms with Gasteiger partial charge in [-0.3, -0.25) is 0 Å². The van der Waals surface area contributed by atoms with Crippen LogP contribution in [0.1, 0.15) is 80.9 Å². The molecule has 1 fully saturated rings. The van der Waals surface area contributed by atoms with E-state index in [1.807, 2.05) is 18.2 Å². The predicted octanol–water partition coefficient (Wildman–Crippen LogP) is 9.72. The fraction of sp³-hybridized carbons (Fsp3) is 0.371. The van der Waals surface area contributed by atoms with E-state index in [1.165, 1.54) is 6.07 Å². The number of hydrogen-bond acceptors (Lipinski definition) is 2. The topological polar surface area (TPSA) is 29.5 Å². The maximum absolute atomic E-state index is 15.2.